The molecule has 0 bridgehead atoms. The summed E-state index contributed by atoms with van der Waals surface area (Å²) in [5.74, 6) is -2.76. The summed E-state index contributed by atoms with van der Waals surface area (Å²) in [5.41, 5.74) is -0.979. The molecule has 0 saturated heterocycles. The summed E-state index contributed by atoms with van der Waals surface area (Å²) < 4.78 is 75.3. The zero-order valence-corrected chi connectivity index (χ0v) is 13.7. The Bertz CT molecular complexity index is 701. The smallest absolute Gasteiger partial charge is 0.333 e. The Labute approximate surface area is 145 Å². The van der Waals surface area contributed by atoms with Crippen LogP contribution in [0, 0.1) is 0 Å². The molecule has 1 atom stereocenters. The maximum atomic E-state index is 12.7. The van der Waals surface area contributed by atoms with Gasteiger partial charge in [0, 0.05) is 5.69 Å². The van der Waals surface area contributed by atoms with Crippen molar-refractivity contribution in [2.75, 3.05) is 4.90 Å². The lowest BCUT2D eigenvalue weighted by molar-refractivity contribution is -0.155. The highest BCUT2D eigenvalue weighted by Crippen LogP contribution is 2.37. The fourth-order valence-corrected chi connectivity index (χ4v) is 3.00. The molecule has 26 heavy (non-hydrogen) atoms. The molecule has 0 fully saturated rings. The second-order valence-electron chi connectivity index (χ2n) is 6.26. The minimum Gasteiger partial charge on any atom is -0.333 e. The average Bonchev–Trinajstić information content (AvgIpc) is 2.42. The van der Waals surface area contributed by atoms with Gasteiger partial charge in [0.1, 0.15) is 18.5 Å². The zero-order valence-electron chi connectivity index (χ0n) is 13.7. The molecule has 144 valence electrons. The van der Waals surface area contributed by atoms with Crippen molar-refractivity contribution in [2.24, 2.45) is 0 Å². The molecule has 0 unspecified atom stereocenters. The third kappa shape index (κ3) is 4.89. The van der Waals surface area contributed by atoms with E-state index in [2.05, 4.69) is 5.32 Å². The number of hydrogen-bond acceptors (Lipinski definition) is 2. The number of para-hydroxylation sites is 1. The van der Waals surface area contributed by atoms with Gasteiger partial charge in [0.05, 0.1) is 0 Å². The first-order valence-electron chi connectivity index (χ1n) is 7.66. The quantitative estimate of drug-likeness (QED) is 0.811. The van der Waals surface area contributed by atoms with Gasteiger partial charge in [-0.3, -0.25) is 14.5 Å². The van der Waals surface area contributed by atoms with Crippen molar-refractivity contribution in [3.63, 3.8) is 0 Å². The van der Waals surface area contributed by atoms with Gasteiger partial charge in [-0.05, 0) is 31.4 Å². The summed E-state index contributed by atoms with van der Waals surface area (Å²) in [6.45, 7) is 1.24. The van der Waals surface area contributed by atoms with E-state index >= 15 is 0 Å². The molecule has 0 saturated carbocycles. The van der Waals surface area contributed by atoms with Crippen molar-refractivity contribution in [3.05, 3.63) is 29.8 Å². The number of alkyl halides is 6. The lowest BCUT2D eigenvalue weighted by Gasteiger charge is -2.46. The predicted molar refractivity (Wildman–Crippen MR) is 80.1 cm³/mol. The van der Waals surface area contributed by atoms with Crippen LogP contribution in [-0.4, -0.2) is 29.8 Å². The third-order valence-corrected chi connectivity index (χ3v) is 3.98. The molecule has 1 heterocycles. The van der Waals surface area contributed by atoms with Crippen LogP contribution in [0.25, 0.3) is 0 Å². The zero-order chi connectivity index (χ0) is 19.8. The lowest BCUT2D eigenvalue weighted by atomic mass is 9.91. The predicted octanol–water partition coefficient (Wildman–Crippen LogP) is 3.70. The van der Waals surface area contributed by atoms with Crippen LogP contribution < -0.4 is 10.2 Å². The molecule has 1 aromatic rings. The maximum Gasteiger partial charge on any atom is 0.397 e. The number of nitrogens with zero attached hydrogens (tertiary/aromatic N) is 1. The molecule has 1 aromatic carbocycles. The molecular formula is C16H16F6N2O2. The number of halogens is 6. The average molecular weight is 382 g/mol. The van der Waals surface area contributed by atoms with Gasteiger partial charge in [-0.15, -0.1) is 0 Å². The van der Waals surface area contributed by atoms with E-state index in [0.717, 1.165) is 4.90 Å². The Kier molecular flexibility index (Phi) is 5.25. The van der Waals surface area contributed by atoms with Crippen molar-refractivity contribution >= 4 is 17.5 Å². The van der Waals surface area contributed by atoms with E-state index in [0.29, 0.717) is 5.56 Å². The van der Waals surface area contributed by atoms with E-state index in [9.17, 15) is 35.9 Å². The van der Waals surface area contributed by atoms with Gasteiger partial charge < -0.3 is 5.32 Å². The van der Waals surface area contributed by atoms with E-state index in [1.165, 1.54) is 19.1 Å². The van der Waals surface area contributed by atoms with Gasteiger partial charge in [0.15, 0.2) is 0 Å². The second kappa shape index (κ2) is 6.81. The van der Waals surface area contributed by atoms with Crippen LogP contribution in [0.2, 0.25) is 0 Å². The SMILES string of the molecule is C[C@]1(NC(=O)CC(F)(F)F)CCc2ccccc2N1C(=O)CC(F)(F)F. The molecule has 0 spiro atoms. The number of fused-ring (bicyclic) bond motifs is 1. The second-order valence-corrected chi connectivity index (χ2v) is 6.26. The van der Waals surface area contributed by atoms with E-state index in [4.69, 9.17) is 0 Å². The number of carbonyl (C=O) groups is 2. The number of nitrogens with one attached hydrogen (secondary N) is 1. The largest absolute Gasteiger partial charge is 0.397 e. The maximum absolute atomic E-state index is 12.7. The van der Waals surface area contributed by atoms with Crippen molar-refractivity contribution in [3.8, 4) is 0 Å². The highest BCUT2D eigenvalue weighted by molar-refractivity contribution is 5.97. The van der Waals surface area contributed by atoms with Gasteiger partial charge in [-0.25, -0.2) is 0 Å². The molecule has 1 aliphatic heterocycles. The first-order chi connectivity index (χ1) is 11.8. The van der Waals surface area contributed by atoms with E-state index in [-0.39, 0.29) is 18.5 Å². The minimum atomic E-state index is -4.79. The molecule has 10 heteroatoms. The molecule has 2 amide bonds. The van der Waals surface area contributed by atoms with Crippen LogP contribution in [0.4, 0.5) is 32.0 Å². The van der Waals surface area contributed by atoms with Gasteiger partial charge in [-0.2, -0.15) is 26.3 Å². The number of benzene rings is 1. The van der Waals surface area contributed by atoms with Crippen molar-refractivity contribution in [1.82, 2.24) is 5.32 Å². The molecule has 4 nitrogen and oxygen atoms in total. The molecule has 0 radical (unpaired) electrons. The standard InChI is InChI=1S/C16H16F6N2O2/c1-14(23-12(25)8-15(17,18)19)7-6-10-4-2-3-5-11(10)24(14)13(26)9-16(20,21)22/h2-5H,6-9H2,1H3,(H,23,25)/t14-/m1/s1. The van der Waals surface area contributed by atoms with Crippen LogP contribution in [0.1, 0.15) is 31.7 Å². The highest BCUT2D eigenvalue weighted by atomic mass is 19.4. The summed E-state index contributed by atoms with van der Waals surface area (Å²) in [6.07, 6.45) is -12.9. The minimum absolute atomic E-state index is 0.0167. The molecule has 2 rings (SSSR count). The Morgan fingerprint density at radius 2 is 1.65 bits per heavy atom. The number of carbonyl (C=O) groups excluding carboxylic acids is 2. The van der Waals surface area contributed by atoms with E-state index in [1.807, 2.05) is 0 Å². The van der Waals surface area contributed by atoms with Crippen molar-refractivity contribution < 1.29 is 35.9 Å². The van der Waals surface area contributed by atoms with Gasteiger partial charge in [0.2, 0.25) is 11.8 Å². The first-order valence-corrected chi connectivity index (χ1v) is 7.66. The lowest BCUT2D eigenvalue weighted by Crippen LogP contribution is -2.63. The first kappa shape index (κ1) is 20.1. The highest BCUT2D eigenvalue weighted by Gasteiger charge is 2.45. The third-order valence-electron chi connectivity index (χ3n) is 3.98. The Balaban J connectivity index is 2.37. The number of anilines is 1. The normalized spacial score (nSPS) is 20.5. The summed E-state index contributed by atoms with van der Waals surface area (Å²) in [4.78, 5) is 24.7. The van der Waals surface area contributed by atoms with Gasteiger partial charge in [0.25, 0.3) is 0 Å². The summed E-state index contributed by atoms with van der Waals surface area (Å²) in [5, 5.41) is 2.09. The molecule has 1 aliphatic rings. The number of aryl methyl sites for hydroxylation is 1. The monoisotopic (exact) mass is 382 g/mol. The number of amides is 2. The summed E-state index contributed by atoms with van der Waals surface area (Å²) >= 11 is 0. The summed E-state index contributed by atoms with van der Waals surface area (Å²) in [6, 6.07) is 6.14. The Morgan fingerprint density at radius 3 is 2.23 bits per heavy atom. The van der Waals surface area contributed by atoms with E-state index in [1.54, 1.807) is 12.1 Å². The van der Waals surface area contributed by atoms with Crippen LogP contribution in [0.15, 0.2) is 24.3 Å². The van der Waals surface area contributed by atoms with Gasteiger partial charge >= 0.3 is 12.4 Å². The van der Waals surface area contributed by atoms with Gasteiger partial charge in [-0.1, -0.05) is 18.2 Å². The topological polar surface area (TPSA) is 49.4 Å². The summed E-state index contributed by atoms with van der Waals surface area (Å²) in [7, 11) is 0. The number of hydrogen-bond donors (Lipinski definition) is 1. The van der Waals surface area contributed by atoms with Crippen LogP contribution in [0.5, 0.6) is 0 Å². The Hall–Kier alpha value is -2.26. The molecule has 0 aliphatic carbocycles. The van der Waals surface area contributed by atoms with Crippen LogP contribution in [0.3, 0.4) is 0 Å². The molecule has 1 N–H and O–H groups in total. The van der Waals surface area contributed by atoms with E-state index < -0.39 is 42.7 Å². The Morgan fingerprint density at radius 1 is 1.08 bits per heavy atom. The van der Waals surface area contributed by atoms with Crippen LogP contribution in [-0.2, 0) is 16.0 Å². The van der Waals surface area contributed by atoms with Crippen LogP contribution >= 0.6 is 0 Å². The number of rotatable bonds is 3. The van der Waals surface area contributed by atoms with Crippen molar-refractivity contribution in [2.45, 2.75) is 50.6 Å². The fraction of sp³-hybridized carbons (Fsp3) is 0.500. The molecule has 0 aromatic heterocycles. The fourth-order valence-electron chi connectivity index (χ4n) is 3.00. The van der Waals surface area contributed by atoms with Crippen molar-refractivity contribution in [1.29, 1.82) is 0 Å². The molecular weight excluding hydrogens is 366 g/mol.